The zero-order valence-electron chi connectivity index (χ0n) is 12.7. The molecule has 22 heavy (non-hydrogen) atoms. The minimum absolute atomic E-state index is 0.0454. The average Bonchev–Trinajstić information content (AvgIpc) is 3.00. The van der Waals surface area contributed by atoms with Crippen LogP contribution in [0.15, 0.2) is 18.2 Å². The van der Waals surface area contributed by atoms with Gasteiger partial charge in [0, 0.05) is 16.6 Å². The molecule has 2 rings (SSSR count). The molecule has 0 radical (unpaired) electrons. The Morgan fingerprint density at radius 3 is 2.64 bits per heavy atom. The van der Waals surface area contributed by atoms with Gasteiger partial charge in [0.25, 0.3) is 0 Å². The van der Waals surface area contributed by atoms with E-state index in [2.05, 4.69) is 0 Å². The zero-order valence-corrected chi connectivity index (χ0v) is 13.4. The van der Waals surface area contributed by atoms with Crippen LogP contribution >= 0.6 is 11.6 Å². The minimum Gasteiger partial charge on any atom is -0.496 e. The van der Waals surface area contributed by atoms with Crippen molar-refractivity contribution in [3.8, 4) is 5.75 Å². The molecule has 1 aromatic carbocycles. The van der Waals surface area contributed by atoms with E-state index in [-0.39, 0.29) is 24.9 Å². The molecule has 0 unspecified atom stereocenters. The quantitative estimate of drug-likeness (QED) is 0.871. The van der Waals surface area contributed by atoms with E-state index < -0.39 is 5.91 Å². The highest BCUT2D eigenvalue weighted by molar-refractivity contribution is 6.31. The first kappa shape index (κ1) is 16.6. The van der Waals surface area contributed by atoms with Crippen LogP contribution in [0.2, 0.25) is 5.02 Å². The van der Waals surface area contributed by atoms with Crippen LogP contribution in [0.5, 0.6) is 5.75 Å². The molecule has 0 bridgehead atoms. The van der Waals surface area contributed by atoms with Crippen LogP contribution in [0.25, 0.3) is 0 Å². The molecule has 0 spiro atoms. The summed E-state index contributed by atoms with van der Waals surface area (Å²) < 4.78 is 5.27. The van der Waals surface area contributed by atoms with Gasteiger partial charge < -0.3 is 15.4 Å². The van der Waals surface area contributed by atoms with Gasteiger partial charge in [-0.05, 0) is 25.0 Å². The third-order valence-electron chi connectivity index (χ3n) is 4.04. The van der Waals surface area contributed by atoms with Crippen LogP contribution < -0.4 is 10.5 Å². The molecule has 0 aromatic heterocycles. The SMILES string of the molecule is COc1cccc(Cl)c1CC(=O)N(CC(N)=O)C1CCCC1. The maximum absolute atomic E-state index is 12.7. The van der Waals surface area contributed by atoms with E-state index in [4.69, 9.17) is 22.1 Å². The Morgan fingerprint density at radius 1 is 1.36 bits per heavy atom. The molecule has 120 valence electrons. The van der Waals surface area contributed by atoms with Crippen LogP contribution in [-0.4, -0.2) is 36.4 Å². The lowest BCUT2D eigenvalue weighted by Crippen LogP contribution is -2.44. The molecule has 0 heterocycles. The molecular formula is C16H21ClN2O3. The summed E-state index contributed by atoms with van der Waals surface area (Å²) >= 11 is 6.18. The van der Waals surface area contributed by atoms with Crippen molar-refractivity contribution in [3.63, 3.8) is 0 Å². The van der Waals surface area contributed by atoms with Crippen LogP contribution in [-0.2, 0) is 16.0 Å². The molecule has 0 atom stereocenters. The van der Waals surface area contributed by atoms with Crippen molar-refractivity contribution in [1.82, 2.24) is 4.90 Å². The normalized spacial score (nSPS) is 14.8. The van der Waals surface area contributed by atoms with Gasteiger partial charge in [-0.3, -0.25) is 9.59 Å². The largest absolute Gasteiger partial charge is 0.496 e. The molecule has 0 saturated heterocycles. The lowest BCUT2D eigenvalue weighted by atomic mass is 10.1. The number of methoxy groups -OCH3 is 1. The second-order valence-electron chi connectivity index (χ2n) is 5.52. The van der Waals surface area contributed by atoms with Gasteiger partial charge in [0.2, 0.25) is 11.8 Å². The number of halogens is 1. The van der Waals surface area contributed by atoms with Gasteiger partial charge >= 0.3 is 0 Å². The first-order valence-corrected chi connectivity index (χ1v) is 7.80. The number of rotatable bonds is 6. The third-order valence-corrected chi connectivity index (χ3v) is 4.39. The summed E-state index contributed by atoms with van der Waals surface area (Å²) in [6.07, 6.45) is 4.08. The summed E-state index contributed by atoms with van der Waals surface area (Å²) in [6, 6.07) is 5.35. The molecule has 1 aromatic rings. The van der Waals surface area contributed by atoms with Crippen molar-refractivity contribution in [2.75, 3.05) is 13.7 Å². The minimum atomic E-state index is -0.494. The molecule has 2 N–H and O–H groups in total. The molecule has 2 amide bonds. The highest BCUT2D eigenvalue weighted by Gasteiger charge is 2.28. The maximum atomic E-state index is 12.7. The number of benzene rings is 1. The molecule has 1 aliphatic rings. The van der Waals surface area contributed by atoms with Crippen LogP contribution in [0.4, 0.5) is 0 Å². The number of carbonyl (C=O) groups excluding carboxylic acids is 2. The van der Waals surface area contributed by atoms with Crippen molar-refractivity contribution < 1.29 is 14.3 Å². The third kappa shape index (κ3) is 3.91. The zero-order chi connectivity index (χ0) is 16.1. The van der Waals surface area contributed by atoms with E-state index in [9.17, 15) is 9.59 Å². The number of amides is 2. The van der Waals surface area contributed by atoms with E-state index in [0.717, 1.165) is 25.7 Å². The predicted octanol–water partition coefficient (Wildman–Crippen LogP) is 2.15. The average molecular weight is 325 g/mol. The second-order valence-corrected chi connectivity index (χ2v) is 5.93. The molecule has 1 fully saturated rings. The van der Waals surface area contributed by atoms with Gasteiger partial charge in [0.05, 0.1) is 20.1 Å². The van der Waals surface area contributed by atoms with E-state index in [1.165, 1.54) is 7.11 Å². The van der Waals surface area contributed by atoms with Gasteiger partial charge in [-0.15, -0.1) is 0 Å². The molecule has 5 nitrogen and oxygen atoms in total. The van der Waals surface area contributed by atoms with Crippen molar-refractivity contribution in [3.05, 3.63) is 28.8 Å². The molecular weight excluding hydrogens is 304 g/mol. The van der Waals surface area contributed by atoms with Gasteiger partial charge in [-0.25, -0.2) is 0 Å². The van der Waals surface area contributed by atoms with Gasteiger partial charge in [-0.2, -0.15) is 0 Å². The van der Waals surface area contributed by atoms with E-state index in [1.807, 2.05) is 0 Å². The fourth-order valence-corrected chi connectivity index (χ4v) is 3.19. The lowest BCUT2D eigenvalue weighted by Gasteiger charge is -2.28. The number of primary amides is 1. The van der Waals surface area contributed by atoms with Crippen molar-refractivity contribution in [1.29, 1.82) is 0 Å². The van der Waals surface area contributed by atoms with Crippen molar-refractivity contribution in [2.24, 2.45) is 5.73 Å². The molecule has 1 aliphatic carbocycles. The summed E-state index contributed by atoms with van der Waals surface area (Å²) in [4.78, 5) is 25.5. The Labute approximate surface area is 135 Å². The van der Waals surface area contributed by atoms with Gasteiger partial charge in [0.1, 0.15) is 5.75 Å². The number of nitrogens with zero attached hydrogens (tertiary/aromatic N) is 1. The highest BCUT2D eigenvalue weighted by Crippen LogP contribution is 2.29. The van der Waals surface area contributed by atoms with Gasteiger partial charge in [-0.1, -0.05) is 30.5 Å². The van der Waals surface area contributed by atoms with Crippen LogP contribution in [0.1, 0.15) is 31.2 Å². The molecule has 6 heteroatoms. The number of carbonyl (C=O) groups is 2. The lowest BCUT2D eigenvalue weighted by molar-refractivity contribution is -0.136. The number of nitrogens with two attached hydrogens (primary N) is 1. The monoisotopic (exact) mass is 324 g/mol. The molecule has 0 aliphatic heterocycles. The van der Waals surface area contributed by atoms with Gasteiger partial charge in [0.15, 0.2) is 0 Å². The maximum Gasteiger partial charge on any atom is 0.237 e. The number of ether oxygens (including phenoxy) is 1. The standard InChI is InChI=1S/C16H21ClN2O3/c1-22-14-8-4-7-13(17)12(14)9-16(21)19(10-15(18)20)11-5-2-3-6-11/h4,7-8,11H,2-3,5-6,9-10H2,1H3,(H2,18,20). The van der Waals surface area contributed by atoms with E-state index in [0.29, 0.717) is 16.3 Å². The fraction of sp³-hybridized carbons (Fsp3) is 0.500. The summed E-state index contributed by atoms with van der Waals surface area (Å²) in [5.41, 5.74) is 5.94. The summed E-state index contributed by atoms with van der Waals surface area (Å²) in [7, 11) is 1.54. The second kappa shape index (κ2) is 7.49. The summed E-state index contributed by atoms with van der Waals surface area (Å²) in [5, 5.41) is 0.484. The van der Waals surface area contributed by atoms with Crippen molar-refractivity contribution >= 4 is 23.4 Å². The number of hydrogen-bond acceptors (Lipinski definition) is 3. The Morgan fingerprint density at radius 2 is 2.05 bits per heavy atom. The van der Waals surface area contributed by atoms with Crippen LogP contribution in [0.3, 0.4) is 0 Å². The Balaban J connectivity index is 2.19. The summed E-state index contributed by atoms with van der Waals surface area (Å²) in [6.45, 7) is -0.0454. The summed E-state index contributed by atoms with van der Waals surface area (Å²) in [5.74, 6) is -0.0604. The first-order chi connectivity index (χ1) is 10.5. The Hall–Kier alpha value is -1.75. The highest BCUT2D eigenvalue weighted by atomic mass is 35.5. The molecule has 1 saturated carbocycles. The fourth-order valence-electron chi connectivity index (χ4n) is 2.96. The van der Waals surface area contributed by atoms with E-state index in [1.54, 1.807) is 23.1 Å². The smallest absolute Gasteiger partial charge is 0.237 e. The van der Waals surface area contributed by atoms with Crippen LogP contribution in [0, 0.1) is 0 Å². The Kier molecular flexibility index (Phi) is 5.66. The number of hydrogen-bond donors (Lipinski definition) is 1. The first-order valence-electron chi connectivity index (χ1n) is 7.42. The topological polar surface area (TPSA) is 72.6 Å². The predicted molar refractivity (Wildman–Crippen MR) is 84.9 cm³/mol. The Bertz CT molecular complexity index is 556. The van der Waals surface area contributed by atoms with Crippen molar-refractivity contribution in [2.45, 2.75) is 38.1 Å². The van der Waals surface area contributed by atoms with E-state index >= 15 is 0 Å².